The SMILES string of the molecule is OCc1cnc(N2CCCC2C2CCCC2)cn1. The van der Waals surface area contributed by atoms with Gasteiger partial charge in [0.25, 0.3) is 0 Å². The van der Waals surface area contributed by atoms with E-state index in [-0.39, 0.29) is 6.61 Å². The van der Waals surface area contributed by atoms with Crippen molar-refractivity contribution in [1.82, 2.24) is 9.97 Å². The lowest BCUT2D eigenvalue weighted by Crippen LogP contribution is -2.35. The van der Waals surface area contributed by atoms with E-state index in [9.17, 15) is 0 Å². The van der Waals surface area contributed by atoms with Gasteiger partial charge in [-0.2, -0.15) is 0 Å². The number of anilines is 1. The molecule has 1 aliphatic carbocycles. The highest BCUT2D eigenvalue weighted by molar-refractivity contribution is 5.39. The molecule has 1 unspecified atom stereocenters. The van der Waals surface area contributed by atoms with Gasteiger partial charge in [0.15, 0.2) is 0 Å². The molecule has 2 aliphatic rings. The Morgan fingerprint density at radius 1 is 1.11 bits per heavy atom. The van der Waals surface area contributed by atoms with E-state index in [1.165, 1.54) is 38.5 Å². The first kappa shape index (κ1) is 11.9. The summed E-state index contributed by atoms with van der Waals surface area (Å²) in [6, 6.07) is 0.668. The second kappa shape index (κ2) is 5.22. The lowest BCUT2D eigenvalue weighted by Gasteiger charge is -2.30. The molecular formula is C14H21N3O. The number of aliphatic hydroxyl groups is 1. The Labute approximate surface area is 108 Å². The van der Waals surface area contributed by atoms with Gasteiger partial charge in [0.05, 0.1) is 24.7 Å². The second-order valence-electron chi connectivity index (χ2n) is 5.47. The van der Waals surface area contributed by atoms with Crippen molar-refractivity contribution in [2.24, 2.45) is 5.92 Å². The van der Waals surface area contributed by atoms with Gasteiger partial charge in [0, 0.05) is 12.6 Å². The topological polar surface area (TPSA) is 49.3 Å². The number of hydrogen-bond acceptors (Lipinski definition) is 4. The number of rotatable bonds is 3. The summed E-state index contributed by atoms with van der Waals surface area (Å²) in [5.74, 6) is 1.84. The molecule has 3 rings (SSSR count). The molecule has 0 bridgehead atoms. The lowest BCUT2D eigenvalue weighted by molar-refractivity contribution is 0.276. The Morgan fingerprint density at radius 2 is 1.94 bits per heavy atom. The highest BCUT2D eigenvalue weighted by atomic mass is 16.3. The van der Waals surface area contributed by atoms with Crippen LogP contribution in [0.4, 0.5) is 5.82 Å². The summed E-state index contributed by atoms with van der Waals surface area (Å²) < 4.78 is 0. The predicted octanol–water partition coefficient (Wildman–Crippen LogP) is 2.13. The molecule has 4 nitrogen and oxygen atoms in total. The van der Waals surface area contributed by atoms with Crippen LogP contribution in [0, 0.1) is 5.92 Å². The van der Waals surface area contributed by atoms with Crippen molar-refractivity contribution in [2.75, 3.05) is 11.4 Å². The summed E-state index contributed by atoms with van der Waals surface area (Å²) in [4.78, 5) is 11.1. The molecule has 1 saturated carbocycles. The monoisotopic (exact) mass is 247 g/mol. The fourth-order valence-corrected chi connectivity index (χ4v) is 3.49. The van der Waals surface area contributed by atoms with Gasteiger partial charge in [-0.3, -0.25) is 4.98 Å². The molecule has 18 heavy (non-hydrogen) atoms. The molecule has 1 N–H and O–H groups in total. The van der Waals surface area contributed by atoms with Crippen LogP contribution in [0.3, 0.4) is 0 Å². The zero-order valence-electron chi connectivity index (χ0n) is 10.8. The summed E-state index contributed by atoms with van der Waals surface area (Å²) in [7, 11) is 0. The third-order valence-corrected chi connectivity index (χ3v) is 4.39. The van der Waals surface area contributed by atoms with E-state index >= 15 is 0 Å². The molecule has 1 atom stereocenters. The molecule has 1 aromatic heterocycles. The number of aliphatic hydroxyl groups excluding tert-OH is 1. The van der Waals surface area contributed by atoms with Crippen LogP contribution >= 0.6 is 0 Å². The van der Waals surface area contributed by atoms with Gasteiger partial charge in [-0.1, -0.05) is 12.8 Å². The van der Waals surface area contributed by atoms with Gasteiger partial charge in [-0.25, -0.2) is 4.98 Å². The average molecular weight is 247 g/mol. The maximum atomic E-state index is 9.00. The molecule has 1 saturated heterocycles. The first-order chi connectivity index (χ1) is 8.88. The molecule has 98 valence electrons. The van der Waals surface area contributed by atoms with Crippen LogP contribution in [-0.4, -0.2) is 27.7 Å². The summed E-state index contributed by atoms with van der Waals surface area (Å²) in [5.41, 5.74) is 0.648. The lowest BCUT2D eigenvalue weighted by atomic mass is 9.96. The van der Waals surface area contributed by atoms with Crippen molar-refractivity contribution in [3.05, 3.63) is 18.1 Å². The van der Waals surface area contributed by atoms with E-state index < -0.39 is 0 Å². The van der Waals surface area contributed by atoms with Crippen LogP contribution in [0.15, 0.2) is 12.4 Å². The van der Waals surface area contributed by atoms with Gasteiger partial charge in [0.1, 0.15) is 5.82 Å². The zero-order valence-corrected chi connectivity index (χ0v) is 10.8. The minimum atomic E-state index is -0.0284. The van der Waals surface area contributed by atoms with E-state index in [2.05, 4.69) is 14.9 Å². The quantitative estimate of drug-likeness (QED) is 0.889. The minimum absolute atomic E-state index is 0.0284. The molecule has 4 heteroatoms. The summed E-state index contributed by atoms with van der Waals surface area (Å²) in [6.07, 6.45) is 11.6. The largest absolute Gasteiger partial charge is 0.390 e. The summed E-state index contributed by atoms with van der Waals surface area (Å²) >= 11 is 0. The van der Waals surface area contributed by atoms with Crippen LogP contribution < -0.4 is 4.90 Å². The maximum absolute atomic E-state index is 9.00. The Hall–Kier alpha value is -1.16. The van der Waals surface area contributed by atoms with E-state index in [1.807, 2.05) is 6.20 Å². The van der Waals surface area contributed by atoms with Crippen molar-refractivity contribution in [3.63, 3.8) is 0 Å². The highest BCUT2D eigenvalue weighted by Crippen LogP contribution is 2.36. The van der Waals surface area contributed by atoms with Crippen molar-refractivity contribution in [1.29, 1.82) is 0 Å². The van der Waals surface area contributed by atoms with Gasteiger partial charge >= 0.3 is 0 Å². The van der Waals surface area contributed by atoms with Gasteiger partial charge in [0.2, 0.25) is 0 Å². The van der Waals surface area contributed by atoms with Gasteiger partial charge in [-0.15, -0.1) is 0 Å². The molecule has 1 aromatic rings. The molecule has 0 spiro atoms. The fraction of sp³-hybridized carbons (Fsp3) is 0.714. The average Bonchev–Trinajstić information content (AvgIpc) is 3.09. The van der Waals surface area contributed by atoms with Crippen molar-refractivity contribution in [2.45, 2.75) is 51.2 Å². The highest BCUT2D eigenvalue weighted by Gasteiger charge is 2.33. The van der Waals surface area contributed by atoms with Crippen LogP contribution in [0.2, 0.25) is 0 Å². The molecule has 0 amide bonds. The van der Waals surface area contributed by atoms with Gasteiger partial charge in [-0.05, 0) is 31.6 Å². The summed E-state index contributed by atoms with van der Waals surface area (Å²) in [6.45, 7) is 1.08. The van der Waals surface area contributed by atoms with Crippen molar-refractivity contribution < 1.29 is 5.11 Å². The Morgan fingerprint density at radius 3 is 2.61 bits per heavy atom. The first-order valence-electron chi connectivity index (χ1n) is 7.07. The minimum Gasteiger partial charge on any atom is -0.390 e. The zero-order chi connectivity index (χ0) is 12.4. The Bertz CT molecular complexity index is 387. The van der Waals surface area contributed by atoms with E-state index in [4.69, 9.17) is 5.11 Å². The van der Waals surface area contributed by atoms with Crippen LogP contribution in [0.1, 0.15) is 44.2 Å². The van der Waals surface area contributed by atoms with Crippen molar-refractivity contribution in [3.8, 4) is 0 Å². The molecule has 0 aromatic carbocycles. The number of nitrogens with zero attached hydrogens (tertiary/aromatic N) is 3. The van der Waals surface area contributed by atoms with E-state index in [0.717, 1.165) is 18.3 Å². The number of aromatic nitrogens is 2. The third-order valence-electron chi connectivity index (χ3n) is 4.39. The summed E-state index contributed by atoms with van der Waals surface area (Å²) in [5, 5.41) is 9.00. The molecule has 2 heterocycles. The Kier molecular flexibility index (Phi) is 3.46. The smallest absolute Gasteiger partial charge is 0.147 e. The fourth-order valence-electron chi connectivity index (χ4n) is 3.49. The number of hydrogen-bond donors (Lipinski definition) is 1. The van der Waals surface area contributed by atoms with Crippen LogP contribution in [-0.2, 0) is 6.61 Å². The molecule has 2 fully saturated rings. The molecule has 1 aliphatic heterocycles. The molecular weight excluding hydrogens is 226 g/mol. The van der Waals surface area contributed by atoms with Crippen LogP contribution in [0.5, 0.6) is 0 Å². The predicted molar refractivity (Wildman–Crippen MR) is 70.3 cm³/mol. The first-order valence-corrected chi connectivity index (χ1v) is 7.07. The van der Waals surface area contributed by atoms with Gasteiger partial charge < -0.3 is 10.0 Å². The van der Waals surface area contributed by atoms with E-state index in [0.29, 0.717) is 11.7 Å². The second-order valence-corrected chi connectivity index (χ2v) is 5.47. The van der Waals surface area contributed by atoms with E-state index in [1.54, 1.807) is 6.20 Å². The molecule has 0 radical (unpaired) electrons. The third kappa shape index (κ3) is 2.21. The Balaban J connectivity index is 1.76. The van der Waals surface area contributed by atoms with Crippen LogP contribution in [0.25, 0.3) is 0 Å². The normalized spacial score (nSPS) is 24.9. The van der Waals surface area contributed by atoms with Crippen molar-refractivity contribution >= 4 is 5.82 Å². The standard InChI is InChI=1S/C14H21N3O/c18-10-12-8-16-14(9-15-12)17-7-3-6-13(17)11-4-1-2-5-11/h8-9,11,13,18H,1-7,10H2. The maximum Gasteiger partial charge on any atom is 0.147 e.